The molecule has 1 heterocycles. The van der Waals surface area contributed by atoms with E-state index in [1.807, 2.05) is 19.1 Å². The monoisotopic (exact) mass is 271 g/mol. The summed E-state index contributed by atoms with van der Waals surface area (Å²) in [5, 5.41) is 15.3. The highest BCUT2D eigenvalue weighted by atomic mass is 15.5. The van der Waals surface area contributed by atoms with Gasteiger partial charge in [0.15, 0.2) is 5.82 Å². The van der Waals surface area contributed by atoms with E-state index in [4.69, 9.17) is 0 Å². The van der Waals surface area contributed by atoms with E-state index in [-0.39, 0.29) is 0 Å². The number of hydrogen-bond acceptors (Lipinski definition) is 4. The van der Waals surface area contributed by atoms with Crippen LogP contribution in [0.1, 0.15) is 38.9 Å². The van der Waals surface area contributed by atoms with Crippen LogP contribution in [0.5, 0.6) is 0 Å². The van der Waals surface area contributed by atoms with E-state index in [1.165, 1.54) is 19.3 Å². The van der Waals surface area contributed by atoms with Crippen LogP contribution in [0.15, 0.2) is 24.3 Å². The van der Waals surface area contributed by atoms with Crippen molar-refractivity contribution in [3.63, 3.8) is 0 Å². The molecule has 1 aliphatic rings. The van der Waals surface area contributed by atoms with Gasteiger partial charge in [-0.1, -0.05) is 19.9 Å². The first kappa shape index (κ1) is 13.1. The molecule has 1 aliphatic carbocycles. The highest BCUT2D eigenvalue weighted by molar-refractivity contribution is 5.51. The van der Waals surface area contributed by atoms with E-state index < -0.39 is 0 Å². The molecule has 5 nitrogen and oxygen atoms in total. The van der Waals surface area contributed by atoms with Crippen LogP contribution in [0.2, 0.25) is 0 Å². The summed E-state index contributed by atoms with van der Waals surface area (Å²) in [6.45, 7) is 6.59. The lowest BCUT2D eigenvalue weighted by molar-refractivity contribution is 0.378. The van der Waals surface area contributed by atoms with E-state index in [0.29, 0.717) is 11.5 Å². The number of anilines is 1. The Bertz CT molecular complexity index is 602. The van der Waals surface area contributed by atoms with Crippen molar-refractivity contribution in [1.82, 2.24) is 20.2 Å². The number of nitrogens with one attached hydrogen (secondary N) is 1. The third-order valence-electron chi connectivity index (χ3n) is 4.06. The smallest absolute Gasteiger partial charge is 0.153 e. The predicted octanol–water partition coefficient (Wildman–Crippen LogP) is 2.96. The largest absolute Gasteiger partial charge is 0.382 e. The molecular formula is C15H21N5. The van der Waals surface area contributed by atoms with Crippen LogP contribution in [0.25, 0.3) is 5.69 Å². The minimum absolute atomic E-state index is 0.460. The lowest BCUT2D eigenvalue weighted by Crippen LogP contribution is -2.17. The molecule has 3 rings (SSSR count). The Morgan fingerprint density at radius 1 is 1.35 bits per heavy atom. The molecule has 2 aromatic rings. The summed E-state index contributed by atoms with van der Waals surface area (Å²) in [6.07, 6.45) is 3.75. The molecule has 5 heteroatoms. The van der Waals surface area contributed by atoms with Gasteiger partial charge in [0, 0.05) is 11.7 Å². The Morgan fingerprint density at radius 3 is 2.85 bits per heavy atom. The zero-order chi connectivity index (χ0) is 14.2. The van der Waals surface area contributed by atoms with Gasteiger partial charge in [-0.15, -0.1) is 5.10 Å². The third kappa shape index (κ3) is 2.66. The lowest BCUT2D eigenvalue weighted by Gasteiger charge is -2.19. The van der Waals surface area contributed by atoms with Gasteiger partial charge >= 0.3 is 0 Å². The number of benzene rings is 1. The first-order valence-electron chi connectivity index (χ1n) is 7.15. The number of tetrazole rings is 1. The van der Waals surface area contributed by atoms with Crippen LogP contribution in [-0.4, -0.2) is 26.2 Å². The molecule has 106 valence electrons. The van der Waals surface area contributed by atoms with E-state index in [9.17, 15) is 0 Å². The van der Waals surface area contributed by atoms with Crippen LogP contribution in [0.3, 0.4) is 0 Å². The van der Waals surface area contributed by atoms with Crippen LogP contribution in [0.4, 0.5) is 5.69 Å². The molecule has 1 N–H and O–H groups in total. The second-order valence-electron chi connectivity index (χ2n) is 6.44. The predicted molar refractivity (Wildman–Crippen MR) is 78.9 cm³/mol. The standard InChI is InChI=1S/C15H21N5/c1-11-17-18-19-20(11)14-6-4-5-12(9-14)16-13-7-8-15(2,3)10-13/h4-6,9,13,16H,7-8,10H2,1-3H3. The van der Waals surface area contributed by atoms with Gasteiger partial charge in [-0.2, -0.15) is 4.68 Å². The maximum absolute atomic E-state index is 4.01. The topological polar surface area (TPSA) is 55.6 Å². The number of hydrogen-bond donors (Lipinski definition) is 1. The molecule has 1 fully saturated rings. The molecule has 1 aromatic carbocycles. The Balaban J connectivity index is 1.77. The second-order valence-corrected chi connectivity index (χ2v) is 6.44. The van der Waals surface area contributed by atoms with E-state index >= 15 is 0 Å². The average Bonchev–Trinajstić information content (AvgIpc) is 2.96. The van der Waals surface area contributed by atoms with Crippen molar-refractivity contribution in [1.29, 1.82) is 0 Å². The van der Waals surface area contributed by atoms with E-state index in [0.717, 1.165) is 17.2 Å². The van der Waals surface area contributed by atoms with Crippen molar-refractivity contribution in [2.45, 2.75) is 46.1 Å². The van der Waals surface area contributed by atoms with Crippen LogP contribution in [0, 0.1) is 12.3 Å². The maximum Gasteiger partial charge on any atom is 0.153 e. The Morgan fingerprint density at radius 2 is 2.20 bits per heavy atom. The number of aryl methyl sites for hydroxylation is 1. The number of aromatic nitrogens is 4. The van der Waals surface area contributed by atoms with E-state index in [1.54, 1.807) is 4.68 Å². The van der Waals surface area contributed by atoms with Gasteiger partial charge in [0.1, 0.15) is 0 Å². The SMILES string of the molecule is Cc1nnnn1-c1cccc(NC2CCC(C)(C)C2)c1. The molecule has 1 atom stereocenters. The zero-order valence-corrected chi connectivity index (χ0v) is 12.3. The lowest BCUT2D eigenvalue weighted by atomic mass is 9.92. The minimum Gasteiger partial charge on any atom is -0.382 e. The summed E-state index contributed by atoms with van der Waals surface area (Å²) < 4.78 is 1.75. The molecule has 1 unspecified atom stereocenters. The zero-order valence-electron chi connectivity index (χ0n) is 12.3. The molecule has 0 aliphatic heterocycles. The molecule has 0 saturated heterocycles. The summed E-state index contributed by atoms with van der Waals surface area (Å²) in [5.41, 5.74) is 2.59. The van der Waals surface area contributed by atoms with Crippen LogP contribution < -0.4 is 5.32 Å². The quantitative estimate of drug-likeness (QED) is 0.932. The number of nitrogens with zero attached hydrogens (tertiary/aromatic N) is 4. The van der Waals surface area contributed by atoms with Crippen molar-refractivity contribution in [2.24, 2.45) is 5.41 Å². The third-order valence-corrected chi connectivity index (χ3v) is 4.06. The fourth-order valence-electron chi connectivity index (χ4n) is 2.99. The van der Waals surface area contributed by atoms with Gasteiger partial charge in [-0.3, -0.25) is 0 Å². The Kier molecular flexibility index (Phi) is 3.20. The molecule has 1 saturated carbocycles. The van der Waals surface area contributed by atoms with Gasteiger partial charge in [0.25, 0.3) is 0 Å². The van der Waals surface area contributed by atoms with Gasteiger partial charge < -0.3 is 5.32 Å². The summed E-state index contributed by atoms with van der Waals surface area (Å²) in [5.74, 6) is 0.796. The molecule has 0 amide bonds. The van der Waals surface area contributed by atoms with Gasteiger partial charge in [0.05, 0.1) is 5.69 Å². The van der Waals surface area contributed by atoms with Crippen molar-refractivity contribution in [3.8, 4) is 5.69 Å². The average molecular weight is 271 g/mol. The number of rotatable bonds is 3. The molecule has 0 radical (unpaired) electrons. The fourth-order valence-corrected chi connectivity index (χ4v) is 2.99. The van der Waals surface area contributed by atoms with Gasteiger partial charge in [-0.05, 0) is 60.2 Å². The maximum atomic E-state index is 4.01. The minimum atomic E-state index is 0.460. The van der Waals surface area contributed by atoms with E-state index in [2.05, 4.69) is 46.8 Å². The molecule has 1 aromatic heterocycles. The normalized spacial score (nSPS) is 21.1. The first-order chi connectivity index (χ1) is 9.53. The summed E-state index contributed by atoms with van der Waals surface area (Å²) in [4.78, 5) is 0. The summed E-state index contributed by atoms with van der Waals surface area (Å²) >= 11 is 0. The van der Waals surface area contributed by atoms with Crippen LogP contribution >= 0.6 is 0 Å². The Hall–Kier alpha value is -1.91. The van der Waals surface area contributed by atoms with Gasteiger partial charge in [0.2, 0.25) is 0 Å². The highest BCUT2D eigenvalue weighted by Crippen LogP contribution is 2.38. The first-order valence-corrected chi connectivity index (χ1v) is 7.15. The molecule has 0 spiro atoms. The molecular weight excluding hydrogens is 250 g/mol. The molecule has 0 bridgehead atoms. The summed E-state index contributed by atoms with van der Waals surface area (Å²) in [6, 6.07) is 8.84. The van der Waals surface area contributed by atoms with Crippen molar-refractivity contribution in [3.05, 3.63) is 30.1 Å². The van der Waals surface area contributed by atoms with Gasteiger partial charge in [-0.25, -0.2) is 0 Å². The highest BCUT2D eigenvalue weighted by Gasteiger charge is 2.30. The fraction of sp³-hybridized carbons (Fsp3) is 0.533. The van der Waals surface area contributed by atoms with Crippen molar-refractivity contribution in [2.75, 3.05) is 5.32 Å². The van der Waals surface area contributed by atoms with Crippen molar-refractivity contribution < 1.29 is 0 Å². The van der Waals surface area contributed by atoms with Crippen LogP contribution in [-0.2, 0) is 0 Å². The van der Waals surface area contributed by atoms with Crippen molar-refractivity contribution >= 4 is 5.69 Å². The molecule has 20 heavy (non-hydrogen) atoms. The second kappa shape index (κ2) is 4.89. The Labute approximate surface area is 119 Å². The summed E-state index contributed by atoms with van der Waals surface area (Å²) in [7, 11) is 0.